The summed E-state index contributed by atoms with van der Waals surface area (Å²) in [5.41, 5.74) is 0.182. The van der Waals surface area contributed by atoms with Crippen molar-refractivity contribution in [2.75, 3.05) is 25.5 Å². The van der Waals surface area contributed by atoms with Gasteiger partial charge in [-0.15, -0.1) is 0 Å². The lowest BCUT2D eigenvalue weighted by Gasteiger charge is -2.22. The molecule has 1 saturated carbocycles. The quantitative estimate of drug-likeness (QED) is 0.676. The molecule has 1 aliphatic carbocycles. The van der Waals surface area contributed by atoms with Gasteiger partial charge in [0, 0.05) is 24.8 Å². The number of carbonyl (C=O) groups is 2. The fourth-order valence-electron chi connectivity index (χ4n) is 2.96. The van der Waals surface area contributed by atoms with Crippen LogP contribution in [-0.2, 0) is 14.3 Å². The molecule has 21 heavy (non-hydrogen) atoms. The van der Waals surface area contributed by atoms with Gasteiger partial charge >= 0.3 is 5.97 Å². The monoisotopic (exact) mass is 288 g/mol. The lowest BCUT2D eigenvalue weighted by atomic mass is 10.1. The third-order valence-corrected chi connectivity index (χ3v) is 4.36. The van der Waals surface area contributed by atoms with Gasteiger partial charge in [0.05, 0.1) is 7.11 Å². The Kier molecular flexibility index (Phi) is 3.57. The normalized spacial score (nSPS) is 22.7. The zero-order valence-corrected chi connectivity index (χ0v) is 12.2. The zero-order valence-electron chi connectivity index (χ0n) is 12.2. The van der Waals surface area contributed by atoms with Crippen LogP contribution in [0, 0.1) is 5.41 Å². The smallest absolute Gasteiger partial charge is 0.321 e. The summed E-state index contributed by atoms with van der Waals surface area (Å²) in [5.74, 6) is -0.446. The molecular weight excluding hydrogens is 268 g/mol. The minimum Gasteiger partial charge on any atom is -0.468 e. The van der Waals surface area contributed by atoms with E-state index in [-0.39, 0.29) is 17.9 Å². The minimum absolute atomic E-state index is 0.0632. The number of likely N-dealkylation sites (tertiary alicyclic amines) is 1. The van der Waals surface area contributed by atoms with Crippen molar-refractivity contribution < 1.29 is 14.3 Å². The van der Waals surface area contributed by atoms with Gasteiger partial charge in [-0.25, -0.2) is 0 Å². The molecule has 1 unspecified atom stereocenters. The van der Waals surface area contributed by atoms with Gasteiger partial charge in [-0.05, 0) is 31.4 Å². The van der Waals surface area contributed by atoms with Gasteiger partial charge in [0.25, 0.3) is 0 Å². The Hall–Kier alpha value is -2.04. The lowest BCUT2D eigenvalue weighted by molar-refractivity contribution is -0.155. The van der Waals surface area contributed by atoms with Gasteiger partial charge < -0.3 is 15.0 Å². The third kappa shape index (κ3) is 2.60. The summed E-state index contributed by atoms with van der Waals surface area (Å²) in [4.78, 5) is 26.1. The predicted octanol–water partition coefficient (Wildman–Crippen LogP) is 1.65. The number of methoxy groups -OCH3 is 1. The molecule has 0 radical (unpaired) electrons. The van der Waals surface area contributed by atoms with Crippen LogP contribution in [0.2, 0.25) is 0 Å². The SMILES string of the molecule is COC(=O)C1(C(=O)N2CCC(Nc3ccccc3)C2)CC1. The molecule has 112 valence electrons. The highest BCUT2D eigenvalue weighted by Gasteiger charge is 2.59. The molecule has 1 aromatic rings. The molecule has 1 saturated heterocycles. The molecule has 1 atom stereocenters. The first-order valence-corrected chi connectivity index (χ1v) is 7.35. The van der Waals surface area contributed by atoms with Crippen molar-refractivity contribution in [1.29, 1.82) is 0 Å². The number of anilines is 1. The molecule has 2 aliphatic rings. The second-order valence-electron chi connectivity index (χ2n) is 5.82. The van der Waals surface area contributed by atoms with Crippen LogP contribution < -0.4 is 5.32 Å². The molecule has 1 aromatic carbocycles. The van der Waals surface area contributed by atoms with Crippen LogP contribution in [0.5, 0.6) is 0 Å². The number of para-hydroxylation sites is 1. The number of hydrogen-bond donors (Lipinski definition) is 1. The standard InChI is InChI=1S/C16H20N2O3/c1-21-15(20)16(8-9-16)14(19)18-10-7-13(11-18)17-12-5-3-2-4-6-12/h2-6,13,17H,7-11H2,1H3. The first-order valence-electron chi connectivity index (χ1n) is 7.35. The number of hydrogen-bond acceptors (Lipinski definition) is 4. The van der Waals surface area contributed by atoms with Crippen LogP contribution in [0.4, 0.5) is 5.69 Å². The van der Waals surface area contributed by atoms with E-state index in [9.17, 15) is 9.59 Å². The Balaban J connectivity index is 1.60. The maximum absolute atomic E-state index is 12.5. The van der Waals surface area contributed by atoms with Crippen molar-refractivity contribution in [3.8, 4) is 0 Å². The highest BCUT2D eigenvalue weighted by Crippen LogP contribution is 2.48. The van der Waals surface area contributed by atoms with Gasteiger partial charge in [0.15, 0.2) is 0 Å². The van der Waals surface area contributed by atoms with Crippen molar-refractivity contribution in [2.24, 2.45) is 5.41 Å². The van der Waals surface area contributed by atoms with E-state index in [1.807, 2.05) is 30.3 Å². The number of carbonyl (C=O) groups excluding carboxylic acids is 2. The molecule has 2 fully saturated rings. The molecule has 0 aromatic heterocycles. The summed E-state index contributed by atoms with van der Waals surface area (Å²) < 4.78 is 4.78. The summed E-state index contributed by atoms with van der Waals surface area (Å²) in [7, 11) is 1.35. The van der Waals surface area contributed by atoms with E-state index in [1.54, 1.807) is 4.90 Å². The van der Waals surface area contributed by atoms with Gasteiger partial charge in [0.1, 0.15) is 5.41 Å². The topological polar surface area (TPSA) is 58.6 Å². The van der Waals surface area contributed by atoms with Gasteiger partial charge in [-0.1, -0.05) is 18.2 Å². The number of esters is 1. The summed E-state index contributed by atoms with van der Waals surface area (Å²) in [6.07, 6.45) is 2.13. The predicted molar refractivity (Wildman–Crippen MR) is 78.7 cm³/mol. The Bertz CT molecular complexity index is 540. The van der Waals surface area contributed by atoms with Crippen molar-refractivity contribution in [3.05, 3.63) is 30.3 Å². The average molecular weight is 288 g/mol. The fraction of sp³-hybridized carbons (Fsp3) is 0.500. The van der Waals surface area contributed by atoms with E-state index in [0.29, 0.717) is 25.9 Å². The minimum atomic E-state index is -0.879. The second kappa shape index (κ2) is 5.39. The van der Waals surface area contributed by atoms with Crippen LogP contribution >= 0.6 is 0 Å². The Morgan fingerprint density at radius 1 is 1.29 bits per heavy atom. The molecular formula is C16H20N2O3. The summed E-state index contributed by atoms with van der Waals surface area (Å²) in [6, 6.07) is 10.2. The van der Waals surface area contributed by atoms with Crippen LogP contribution in [0.1, 0.15) is 19.3 Å². The fourth-order valence-corrected chi connectivity index (χ4v) is 2.96. The Morgan fingerprint density at radius 2 is 2.00 bits per heavy atom. The third-order valence-electron chi connectivity index (χ3n) is 4.36. The number of nitrogens with one attached hydrogen (secondary N) is 1. The number of benzene rings is 1. The van der Waals surface area contributed by atoms with Gasteiger partial charge in [-0.3, -0.25) is 9.59 Å². The number of amides is 1. The molecule has 1 aliphatic heterocycles. The highest BCUT2D eigenvalue weighted by atomic mass is 16.5. The molecule has 0 bridgehead atoms. The zero-order chi connectivity index (χ0) is 14.9. The number of ether oxygens (including phenoxy) is 1. The lowest BCUT2D eigenvalue weighted by Crippen LogP contribution is -2.41. The largest absolute Gasteiger partial charge is 0.468 e. The van der Waals surface area contributed by atoms with E-state index in [4.69, 9.17) is 4.74 Å². The Morgan fingerprint density at radius 3 is 2.62 bits per heavy atom. The van der Waals surface area contributed by atoms with Gasteiger partial charge in [-0.2, -0.15) is 0 Å². The highest BCUT2D eigenvalue weighted by molar-refractivity contribution is 6.05. The number of nitrogens with zero attached hydrogens (tertiary/aromatic N) is 1. The van der Waals surface area contributed by atoms with E-state index in [2.05, 4.69) is 5.32 Å². The van der Waals surface area contributed by atoms with Gasteiger partial charge in [0.2, 0.25) is 5.91 Å². The molecule has 1 heterocycles. The second-order valence-corrected chi connectivity index (χ2v) is 5.82. The van der Waals surface area contributed by atoms with Crippen LogP contribution in [0.3, 0.4) is 0 Å². The number of rotatable bonds is 4. The summed E-state index contributed by atoms with van der Waals surface area (Å²) in [6.45, 7) is 1.34. The maximum Gasteiger partial charge on any atom is 0.321 e. The van der Waals surface area contributed by atoms with E-state index >= 15 is 0 Å². The van der Waals surface area contributed by atoms with E-state index in [0.717, 1.165) is 12.1 Å². The average Bonchev–Trinajstić information content (AvgIpc) is 3.21. The van der Waals surface area contributed by atoms with E-state index < -0.39 is 5.41 Å². The van der Waals surface area contributed by atoms with Crippen molar-refractivity contribution >= 4 is 17.6 Å². The Labute approximate surface area is 124 Å². The molecule has 1 amide bonds. The molecule has 5 heteroatoms. The van der Waals surface area contributed by atoms with Crippen LogP contribution in [0.25, 0.3) is 0 Å². The van der Waals surface area contributed by atoms with Crippen molar-refractivity contribution in [1.82, 2.24) is 4.90 Å². The molecule has 1 N–H and O–H groups in total. The van der Waals surface area contributed by atoms with Crippen LogP contribution in [0.15, 0.2) is 30.3 Å². The molecule has 3 rings (SSSR count). The molecule has 0 spiro atoms. The summed E-state index contributed by atoms with van der Waals surface area (Å²) >= 11 is 0. The van der Waals surface area contributed by atoms with Crippen molar-refractivity contribution in [2.45, 2.75) is 25.3 Å². The first-order chi connectivity index (χ1) is 10.2. The van der Waals surface area contributed by atoms with Crippen LogP contribution in [-0.4, -0.2) is 43.0 Å². The van der Waals surface area contributed by atoms with Crippen molar-refractivity contribution in [3.63, 3.8) is 0 Å². The summed E-state index contributed by atoms with van der Waals surface area (Å²) in [5, 5.41) is 3.43. The maximum atomic E-state index is 12.5. The first kappa shape index (κ1) is 13.9. The van der Waals surface area contributed by atoms with E-state index in [1.165, 1.54) is 7.11 Å². The molecule has 5 nitrogen and oxygen atoms in total.